The molecule has 0 saturated heterocycles. The highest BCUT2D eigenvalue weighted by atomic mass is 35.5. The van der Waals surface area contributed by atoms with Crippen molar-refractivity contribution in [3.05, 3.63) is 68.7 Å². The Hall–Kier alpha value is -1.92. The number of hydrogen-bond donors (Lipinski definition) is 0. The molecule has 0 aromatic heterocycles. The summed E-state index contributed by atoms with van der Waals surface area (Å²) in [5.41, 5.74) is 0.755. The number of halogens is 1. The van der Waals surface area contributed by atoms with E-state index in [0.29, 0.717) is 0 Å². The van der Waals surface area contributed by atoms with Crippen LogP contribution >= 0.6 is 11.6 Å². The predicted octanol–water partition coefficient (Wildman–Crippen LogP) is 3.53. The number of sulfone groups is 1. The van der Waals surface area contributed by atoms with Crippen LogP contribution < -0.4 is 0 Å². The number of hydrogen-bond acceptors (Lipinski definition) is 4. The average Bonchev–Trinajstić information content (AvgIpc) is 2.38. The lowest BCUT2D eigenvalue weighted by atomic mass is 10.2. The maximum absolute atomic E-state index is 12.3. The van der Waals surface area contributed by atoms with Gasteiger partial charge in [0.15, 0.2) is 9.84 Å². The lowest BCUT2D eigenvalue weighted by Crippen LogP contribution is -2.07. The molecule has 0 N–H and O–H groups in total. The maximum atomic E-state index is 12.3. The molecule has 0 bridgehead atoms. The molecule has 2 rings (SSSR count). The van der Waals surface area contributed by atoms with Crippen LogP contribution in [-0.4, -0.2) is 13.3 Å². The monoisotopic (exact) mass is 325 g/mol. The molecule has 0 amide bonds. The molecular formula is C14H12ClNO4S. The Kier molecular flexibility index (Phi) is 4.29. The second-order valence-corrected chi connectivity index (χ2v) is 7.03. The van der Waals surface area contributed by atoms with Crippen molar-refractivity contribution < 1.29 is 13.3 Å². The van der Waals surface area contributed by atoms with Crippen molar-refractivity contribution >= 4 is 27.1 Å². The van der Waals surface area contributed by atoms with Crippen LogP contribution in [0.4, 0.5) is 5.69 Å². The first-order valence-electron chi connectivity index (χ1n) is 6.02. The van der Waals surface area contributed by atoms with Crippen molar-refractivity contribution in [2.24, 2.45) is 0 Å². The highest BCUT2D eigenvalue weighted by molar-refractivity contribution is 7.90. The largest absolute Gasteiger partial charge is 0.273 e. The summed E-state index contributed by atoms with van der Waals surface area (Å²) in [7, 11) is -3.67. The van der Waals surface area contributed by atoms with Crippen LogP contribution in [0.15, 0.2) is 47.4 Å². The Balaban J connectivity index is 2.43. The van der Waals surface area contributed by atoms with Crippen molar-refractivity contribution in [2.75, 3.05) is 0 Å². The Labute approximate surface area is 127 Å². The molecule has 0 unspecified atom stereocenters. The molecule has 0 heterocycles. The Morgan fingerprint density at radius 3 is 2.33 bits per heavy atom. The lowest BCUT2D eigenvalue weighted by molar-refractivity contribution is -0.385. The molecule has 0 aliphatic carbocycles. The Morgan fingerprint density at radius 2 is 1.76 bits per heavy atom. The zero-order valence-electron chi connectivity index (χ0n) is 11.1. The van der Waals surface area contributed by atoms with E-state index in [9.17, 15) is 18.5 Å². The Morgan fingerprint density at radius 1 is 1.14 bits per heavy atom. The summed E-state index contributed by atoms with van der Waals surface area (Å²) < 4.78 is 24.7. The molecule has 0 atom stereocenters. The highest BCUT2D eigenvalue weighted by Crippen LogP contribution is 2.27. The second kappa shape index (κ2) is 5.83. The quantitative estimate of drug-likeness (QED) is 0.636. The molecule has 0 saturated carbocycles. The van der Waals surface area contributed by atoms with Crippen molar-refractivity contribution in [3.8, 4) is 0 Å². The van der Waals surface area contributed by atoms with Crippen LogP contribution in [0.2, 0.25) is 5.02 Å². The summed E-state index contributed by atoms with van der Waals surface area (Å²) in [6.45, 7) is 1.85. The first-order chi connectivity index (χ1) is 9.79. The normalized spacial score (nSPS) is 11.3. The topological polar surface area (TPSA) is 77.3 Å². The molecule has 0 radical (unpaired) electrons. The SMILES string of the molecule is Cc1ccc(S(=O)(=O)Cc2cc(Cl)ccc2[N+](=O)[O-])cc1. The number of nitrogens with zero attached hydrogens (tertiary/aromatic N) is 1. The van der Waals surface area contributed by atoms with Crippen LogP contribution in [0.1, 0.15) is 11.1 Å². The van der Waals surface area contributed by atoms with Gasteiger partial charge >= 0.3 is 0 Å². The average molecular weight is 326 g/mol. The Bertz CT molecular complexity index is 785. The highest BCUT2D eigenvalue weighted by Gasteiger charge is 2.22. The van der Waals surface area contributed by atoms with Crippen LogP contribution in [0.5, 0.6) is 0 Å². The molecule has 5 nitrogen and oxygen atoms in total. The van der Waals surface area contributed by atoms with E-state index in [1.807, 2.05) is 6.92 Å². The van der Waals surface area contributed by atoms with Gasteiger partial charge < -0.3 is 0 Å². The van der Waals surface area contributed by atoms with Crippen LogP contribution in [-0.2, 0) is 15.6 Å². The molecule has 110 valence electrons. The van der Waals surface area contributed by atoms with Gasteiger partial charge in [-0.3, -0.25) is 10.1 Å². The number of rotatable bonds is 4. The van der Waals surface area contributed by atoms with E-state index in [-0.39, 0.29) is 21.2 Å². The van der Waals surface area contributed by atoms with Gasteiger partial charge in [-0.2, -0.15) is 0 Å². The minimum absolute atomic E-state index is 0.0769. The smallest absolute Gasteiger partial charge is 0.258 e. The summed E-state index contributed by atoms with van der Waals surface area (Å²) in [5.74, 6) is -0.465. The molecule has 2 aromatic rings. The molecule has 7 heteroatoms. The summed E-state index contributed by atoms with van der Waals surface area (Å²) in [6.07, 6.45) is 0. The van der Waals surface area contributed by atoms with E-state index in [2.05, 4.69) is 0 Å². The fourth-order valence-electron chi connectivity index (χ4n) is 1.88. The third-order valence-electron chi connectivity index (χ3n) is 2.96. The second-order valence-electron chi connectivity index (χ2n) is 4.60. The van der Waals surface area contributed by atoms with Gasteiger partial charge in [0.25, 0.3) is 5.69 Å². The fraction of sp³-hybridized carbons (Fsp3) is 0.143. The molecule has 0 spiro atoms. The van der Waals surface area contributed by atoms with Crippen LogP contribution in [0.25, 0.3) is 0 Å². The summed E-state index contributed by atoms with van der Waals surface area (Å²) in [6, 6.07) is 10.2. The maximum Gasteiger partial charge on any atom is 0.273 e. The third kappa shape index (κ3) is 3.59. The van der Waals surface area contributed by atoms with E-state index < -0.39 is 20.5 Å². The van der Waals surface area contributed by atoms with E-state index in [1.54, 1.807) is 12.1 Å². The number of nitro groups is 1. The molecule has 0 aliphatic rings. The number of benzene rings is 2. The van der Waals surface area contributed by atoms with Crippen LogP contribution in [0, 0.1) is 17.0 Å². The molecule has 2 aromatic carbocycles. The van der Waals surface area contributed by atoms with Crippen molar-refractivity contribution in [3.63, 3.8) is 0 Å². The number of nitro benzene ring substituents is 1. The minimum atomic E-state index is -3.67. The van der Waals surface area contributed by atoms with Gasteiger partial charge in [-0.15, -0.1) is 0 Å². The van der Waals surface area contributed by atoms with Gasteiger partial charge in [0.05, 0.1) is 15.6 Å². The van der Waals surface area contributed by atoms with Crippen molar-refractivity contribution in [2.45, 2.75) is 17.6 Å². The van der Waals surface area contributed by atoms with E-state index >= 15 is 0 Å². The zero-order valence-corrected chi connectivity index (χ0v) is 12.7. The van der Waals surface area contributed by atoms with E-state index in [0.717, 1.165) is 5.56 Å². The van der Waals surface area contributed by atoms with Gasteiger partial charge in [0.2, 0.25) is 0 Å². The van der Waals surface area contributed by atoms with Crippen molar-refractivity contribution in [1.82, 2.24) is 0 Å². The van der Waals surface area contributed by atoms with Gasteiger partial charge in [-0.1, -0.05) is 29.3 Å². The summed E-state index contributed by atoms with van der Waals surface area (Å²) in [4.78, 5) is 10.5. The predicted molar refractivity (Wildman–Crippen MR) is 80.2 cm³/mol. The molecule has 0 fully saturated rings. The number of aryl methyl sites for hydroxylation is 1. The van der Waals surface area contributed by atoms with E-state index in [4.69, 9.17) is 11.6 Å². The van der Waals surface area contributed by atoms with E-state index in [1.165, 1.54) is 30.3 Å². The third-order valence-corrected chi connectivity index (χ3v) is 4.88. The van der Waals surface area contributed by atoms with Gasteiger partial charge in [0, 0.05) is 16.7 Å². The first-order valence-corrected chi connectivity index (χ1v) is 8.05. The minimum Gasteiger partial charge on any atom is -0.258 e. The first kappa shape index (κ1) is 15.5. The van der Waals surface area contributed by atoms with Gasteiger partial charge in [0.1, 0.15) is 0 Å². The molecule has 0 aliphatic heterocycles. The summed E-state index contributed by atoms with van der Waals surface area (Å²) >= 11 is 5.80. The van der Waals surface area contributed by atoms with Gasteiger partial charge in [-0.05, 0) is 31.2 Å². The molecular weight excluding hydrogens is 314 g/mol. The summed E-state index contributed by atoms with van der Waals surface area (Å²) in [5, 5.41) is 11.2. The fourth-order valence-corrected chi connectivity index (χ4v) is 3.43. The van der Waals surface area contributed by atoms with Gasteiger partial charge in [-0.25, -0.2) is 8.42 Å². The zero-order chi connectivity index (χ0) is 15.6. The standard InChI is InChI=1S/C14H12ClNO4S/c1-10-2-5-13(6-3-10)21(19,20)9-11-8-12(15)4-7-14(11)16(17)18/h2-8H,9H2,1H3. The van der Waals surface area contributed by atoms with Crippen molar-refractivity contribution in [1.29, 1.82) is 0 Å². The van der Waals surface area contributed by atoms with Crippen LogP contribution in [0.3, 0.4) is 0 Å². The molecule has 21 heavy (non-hydrogen) atoms. The lowest BCUT2D eigenvalue weighted by Gasteiger charge is -2.06.